The van der Waals surface area contributed by atoms with Crippen molar-refractivity contribution in [2.75, 3.05) is 25.0 Å². The number of fused-ring (bicyclic) bond motifs is 1. The molecule has 0 spiro atoms. The first-order valence-electron chi connectivity index (χ1n) is 12.0. The molecule has 38 heavy (non-hydrogen) atoms. The molecule has 0 radical (unpaired) electrons. The fraction of sp³-hybridized carbons (Fsp3) is 0.346. The zero-order chi connectivity index (χ0) is 27.9. The van der Waals surface area contributed by atoms with Gasteiger partial charge in [-0.15, -0.1) is 0 Å². The van der Waals surface area contributed by atoms with E-state index in [2.05, 4.69) is 15.6 Å². The Morgan fingerprint density at radius 3 is 2.16 bits per heavy atom. The third-order valence-corrected chi connectivity index (χ3v) is 6.50. The van der Waals surface area contributed by atoms with E-state index in [4.69, 9.17) is 22.9 Å². The quantitative estimate of drug-likeness (QED) is 0.217. The molecule has 9 nitrogen and oxygen atoms in total. The van der Waals surface area contributed by atoms with Crippen molar-refractivity contribution in [2.45, 2.75) is 31.1 Å². The molecule has 0 aliphatic rings. The summed E-state index contributed by atoms with van der Waals surface area (Å²) < 4.78 is 38.9. The number of nitrogens with zero attached hydrogens (tertiary/aromatic N) is 1. The minimum atomic E-state index is -4.50. The molecule has 1 aromatic heterocycles. The van der Waals surface area contributed by atoms with Gasteiger partial charge in [-0.05, 0) is 36.2 Å². The van der Waals surface area contributed by atoms with E-state index in [1.54, 1.807) is 6.07 Å². The predicted molar refractivity (Wildman–Crippen MR) is 140 cm³/mol. The molecular formula is C26H32F3N7O2. The van der Waals surface area contributed by atoms with Crippen LogP contribution < -0.4 is 33.6 Å². The molecule has 3 aromatic rings. The lowest BCUT2D eigenvalue weighted by Gasteiger charge is -2.32. The van der Waals surface area contributed by atoms with Crippen molar-refractivity contribution in [3.05, 3.63) is 71.9 Å². The summed E-state index contributed by atoms with van der Waals surface area (Å²) in [6, 6.07) is 11.2. The molecule has 2 unspecified atom stereocenters. The molecule has 12 heteroatoms. The van der Waals surface area contributed by atoms with Gasteiger partial charge in [0.05, 0.1) is 29.0 Å². The van der Waals surface area contributed by atoms with Crippen molar-refractivity contribution in [1.82, 2.24) is 10.3 Å². The zero-order valence-corrected chi connectivity index (χ0v) is 20.7. The molecule has 0 aliphatic carbocycles. The number of nitrogens with two attached hydrogens (primary N) is 4. The molecule has 10 N–H and O–H groups in total. The minimum Gasteiger partial charge on any atom is -0.343 e. The number of carbonyl (C=O) groups excluding carboxylic acids is 2. The van der Waals surface area contributed by atoms with Gasteiger partial charge in [-0.2, -0.15) is 13.2 Å². The van der Waals surface area contributed by atoms with Crippen molar-refractivity contribution in [1.29, 1.82) is 0 Å². The van der Waals surface area contributed by atoms with Gasteiger partial charge in [-0.1, -0.05) is 30.3 Å². The summed E-state index contributed by atoms with van der Waals surface area (Å²) in [5.74, 6) is -1.24. The van der Waals surface area contributed by atoms with Crippen LogP contribution in [-0.4, -0.2) is 48.5 Å². The van der Waals surface area contributed by atoms with Gasteiger partial charge < -0.3 is 33.6 Å². The van der Waals surface area contributed by atoms with Crippen molar-refractivity contribution in [3.63, 3.8) is 0 Å². The Labute approximate surface area is 218 Å². The standard InChI is InChI=1S/C26H32F3N7O2/c27-26(28,29)18-7-5-16(6-8-18)9-22(36-23(37)20(33)11-25(13-30,14-31)15-32)24(38)35-19-10-17-3-1-2-4-21(17)34-12-19/h1-8,10,12,20,22H,9,11,13-15,30-33H2,(H,35,38)(H,36,37). The number of hydrogen-bond donors (Lipinski definition) is 6. The summed E-state index contributed by atoms with van der Waals surface area (Å²) in [6.07, 6.45) is -3.02. The second kappa shape index (κ2) is 12.3. The first-order valence-corrected chi connectivity index (χ1v) is 12.0. The lowest BCUT2D eigenvalue weighted by Crippen LogP contribution is -2.55. The number of pyridine rings is 1. The van der Waals surface area contributed by atoms with Gasteiger partial charge in [0, 0.05) is 36.9 Å². The van der Waals surface area contributed by atoms with Gasteiger partial charge in [0.1, 0.15) is 6.04 Å². The van der Waals surface area contributed by atoms with Gasteiger partial charge in [0.15, 0.2) is 0 Å². The number of anilines is 1. The van der Waals surface area contributed by atoms with E-state index < -0.39 is 41.1 Å². The Bertz CT molecular complexity index is 1240. The highest BCUT2D eigenvalue weighted by Crippen LogP contribution is 2.29. The highest BCUT2D eigenvalue weighted by Gasteiger charge is 2.33. The first kappa shape index (κ1) is 29.0. The molecule has 0 saturated heterocycles. The van der Waals surface area contributed by atoms with Crippen molar-refractivity contribution < 1.29 is 22.8 Å². The molecule has 1 heterocycles. The molecule has 2 aromatic carbocycles. The molecule has 204 valence electrons. The number of alkyl halides is 3. The normalized spacial score (nSPS) is 13.7. The highest BCUT2D eigenvalue weighted by atomic mass is 19.4. The third kappa shape index (κ3) is 7.25. The fourth-order valence-electron chi connectivity index (χ4n) is 3.98. The molecule has 0 bridgehead atoms. The highest BCUT2D eigenvalue weighted by molar-refractivity contribution is 5.99. The van der Waals surface area contributed by atoms with Gasteiger partial charge >= 0.3 is 6.18 Å². The molecule has 0 saturated carbocycles. The lowest BCUT2D eigenvalue weighted by molar-refractivity contribution is -0.137. The Morgan fingerprint density at radius 2 is 1.55 bits per heavy atom. The number of nitrogens with one attached hydrogen (secondary N) is 2. The van der Waals surface area contributed by atoms with Crippen LogP contribution in [0.5, 0.6) is 0 Å². The third-order valence-electron chi connectivity index (χ3n) is 6.50. The number of amides is 2. The molecule has 2 amide bonds. The molecule has 3 rings (SSSR count). The number of aromatic nitrogens is 1. The average Bonchev–Trinajstić information content (AvgIpc) is 2.91. The fourth-order valence-corrected chi connectivity index (χ4v) is 3.98. The van der Waals surface area contributed by atoms with E-state index in [9.17, 15) is 22.8 Å². The smallest absolute Gasteiger partial charge is 0.343 e. The van der Waals surface area contributed by atoms with Gasteiger partial charge in [0.2, 0.25) is 11.8 Å². The second-order valence-corrected chi connectivity index (χ2v) is 9.29. The van der Waals surface area contributed by atoms with Crippen LogP contribution in [0.25, 0.3) is 10.9 Å². The summed E-state index contributed by atoms with van der Waals surface area (Å²) in [6.45, 7) is 0.349. The van der Waals surface area contributed by atoms with Crippen LogP contribution in [0.1, 0.15) is 17.5 Å². The topological polar surface area (TPSA) is 175 Å². The SMILES string of the molecule is NCC(CN)(CN)CC(N)C(=O)NC(Cc1ccc(C(F)(F)F)cc1)C(=O)Nc1cnc2ccccc2c1. The maximum atomic E-state index is 13.3. The largest absolute Gasteiger partial charge is 0.416 e. The minimum absolute atomic E-state index is 0.0841. The monoisotopic (exact) mass is 531 g/mol. The van der Waals surface area contributed by atoms with Crippen LogP contribution >= 0.6 is 0 Å². The number of hydrogen-bond acceptors (Lipinski definition) is 7. The summed E-state index contributed by atoms with van der Waals surface area (Å²) in [7, 11) is 0. The first-order chi connectivity index (χ1) is 18.0. The number of para-hydroxylation sites is 1. The van der Waals surface area contributed by atoms with E-state index in [0.717, 1.165) is 23.0 Å². The number of benzene rings is 2. The number of carbonyl (C=O) groups is 2. The van der Waals surface area contributed by atoms with Crippen LogP contribution in [0.4, 0.5) is 18.9 Å². The Balaban J connectivity index is 1.82. The summed E-state index contributed by atoms with van der Waals surface area (Å²) in [4.78, 5) is 30.5. The van der Waals surface area contributed by atoms with Crippen molar-refractivity contribution >= 4 is 28.4 Å². The molecular weight excluding hydrogens is 499 g/mol. The van der Waals surface area contributed by atoms with Crippen LogP contribution in [0.15, 0.2) is 60.8 Å². The van der Waals surface area contributed by atoms with E-state index >= 15 is 0 Å². The lowest BCUT2D eigenvalue weighted by atomic mass is 9.81. The summed E-state index contributed by atoms with van der Waals surface area (Å²) in [5.41, 5.74) is 23.5. The molecule has 0 fully saturated rings. The van der Waals surface area contributed by atoms with Crippen LogP contribution in [0.2, 0.25) is 0 Å². The number of rotatable bonds is 11. The number of halogens is 3. The Morgan fingerprint density at radius 1 is 0.921 bits per heavy atom. The molecule has 0 aliphatic heterocycles. The van der Waals surface area contributed by atoms with Gasteiger partial charge in [0.25, 0.3) is 0 Å². The Kier molecular flexibility index (Phi) is 9.39. The summed E-state index contributed by atoms with van der Waals surface area (Å²) in [5, 5.41) is 6.13. The average molecular weight is 532 g/mol. The van der Waals surface area contributed by atoms with Crippen LogP contribution in [0, 0.1) is 5.41 Å². The Hall–Kier alpha value is -3.58. The predicted octanol–water partition coefficient (Wildman–Crippen LogP) is 1.50. The zero-order valence-electron chi connectivity index (χ0n) is 20.7. The van der Waals surface area contributed by atoms with Crippen molar-refractivity contribution in [3.8, 4) is 0 Å². The molecule has 2 atom stereocenters. The van der Waals surface area contributed by atoms with Crippen LogP contribution in [0.3, 0.4) is 0 Å². The van der Waals surface area contributed by atoms with Gasteiger partial charge in [-0.25, -0.2) is 0 Å². The van der Waals surface area contributed by atoms with E-state index in [1.165, 1.54) is 18.3 Å². The van der Waals surface area contributed by atoms with E-state index in [1.807, 2.05) is 24.3 Å². The van der Waals surface area contributed by atoms with E-state index in [0.29, 0.717) is 11.3 Å². The summed E-state index contributed by atoms with van der Waals surface area (Å²) >= 11 is 0. The van der Waals surface area contributed by atoms with Gasteiger partial charge in [-0.3, -0.25) is 14.6 Å². The maximum Gasteiger partial charge on any atom is 0.416 e. The van der Waals surface area contributed by atoms with Crippen LogP contribution in [-0.2, 0) is 22.2 Å². The second-order valence-electron chi connectivity index (χ2n) is 9.29. The van der Waals surface area contributed by atoms with E-state index in [-0.39, 0.29) is 32.5 Å². The van der Waals surface area contributed by atoms with Crippen molar-refractivity contribution in [2.24, 2.45) is 28.3 Å². The maximum absolute atomic E-state index is 13.3.